The molecule has 0 unspecified atom stereocenters. The number of thiophene rings is 1. The van der Waals surface area contributed by atoms with Gasteiger partial charge in [0.05, 0.1) is 16.3 Å². The predicted molar refractivity (Wildman–Crippen MR) is 115 cm³/mol. The van der Waals surface area contributed by atoms with Crippen molar-refractivity contribution in [2.75, 3.05) is 12.9 Å². The topological polar surface area (TPSA) is 78.9 Å². The molecule has 4 rings (SSSR count). The summed E-state index contributed by atoms with van der Waals surface area (Å²) in [4.78, 5) is 9.96. The SMILES string of the molecule is CSCc1nc(CCc2nc(-c3cccs3)no2)n(-c2ccc(OCC(F)(F)F)cc2)n1. The molecule has 1 aromatic carbocycles. The molecule has 12 heteroatoms. The number of halogens is 3. The number of aromatic nitrogens is 5. The lowest BCUT2D eigenvalue weighted by Gasteiger charge is -2.10. The molecule has 0 N–H and O–H groups in total. The zero-order chi connectivity index (χ0) is 22.6. The summed E-state index contributed by atoms with van der Waals surface area (Å²) in [5, 5.41) is 10.5. The Labute approximate surface area is 189 Å². The summed E-state index contributed by atoms with van der Waals surface area (Å²) in [6.07, 6.45) is -1.46. The van der Waals surface area contributed by atoms with Crippen molar-refractivity contribution in [2.24, 2.45) is 0 Å². The fourth-order valence-corrected chi connectivity index (χ4v) is 3.91. The Kier molecular flexibility index (Phi) is 6.80. The number of aryl methyl sites for hydroxylation is 2. The van der Waals surface area contributed by atoms with Crippen LogP contribution in [0.25, 0.3) is 16.4 Å². The molecule has 0 aliphatic heterocycles. The number of benzene rings is 1. The van der Waals surface area contributed by atoms with Crippen LogP contribution in [0, 0.1) is 0 Å². The Morgan fingerprint density at radius 2 is 1.94 bits per heavy atom. The maximum Gasteiger partial charge on any atom is 0.422 e. The fraction of sp³-hybridized carbons (Fsp3) is 0.300. The Hall–Kier alpha value is -2.86. The van der Waals surface area contributed by atoms with Crippen LogP contribution in [-0.4, -0.2) is 43.9 Å². The van der Waals surface area contributed by atoms with Crippen molar-refractivity contribution >= 4 is 23.1 Å². The van der Waals surface area contributed by atoms with Crippen molar-refractivity contribution in [1.82, 2.24) is 24.9 Å². The average Bonchev–Trinajstić information content (AvgIpc) is 3.51. The minimum Gasteiger partial charge on any atom is -0.484 e. The van der Waals surface area contributed by atoms with E-state index in [1.54, 1.807) is 28.6 Å². The van der Waals surface area contributed by atoms with Crippen molar-refractivity contribution in [3.63, 3.8) is 0 Å². The first-order valence-corrected chi connectivity index (χ1v) is 11.8. The van der Waals surface area contributed by atoms with Crippen LogP contribution in [-0.2, 0) is 18.6 Å². The van der Waals surface area contributed by atoms with E-state index >= 15 is 0 Å². The van der Waals surface area contributed by atoms with Gasteiger partial charge in [0, 0.05) is 12.8 Å². The molecule has 3 heterocycles. The summed E-state index contributed by atoms with van der Waals surface area (Å²) >= 11 is 3.13. The van der Waals surface area contributed by atoms with Crippen LogP contribution in [0.15, 0.2) is 46.3 Å². The van der Waals surface area contributed by atoms with Crippen LogP contribution < -0.4 is 4.74 Å². The third-order valence-corrected chi connectivity index (χ3v) is 5.66. The molecule has 0 amide bonds. The summed E-state index contributed by atoms with van der Waals surface area (Å²) in [5.74, 6) is 3.16. The van der Waals surface area contributed by atoms with Crippen LogP contribution in [0.2, 0.25) is 0 Å². The van der Waals surface area contributed by atoms with Gasteiger partial charge in [0.15, 0.2) is 12.4 Å². The lowest BCUT2D eigenvalue weighted by atomic mass is 10.2. The van der Waals surface area contributed by atoms with Crippen LogP contribution in [0.4, 0.5) is 13.2 Å². The number of alkyl halides is 3. The van der Waals surface area contributed by atoms with Gasteiger partial charge < -0.3 is 9.26 Å². The highest BCUT2D eigenvalue weighted by Crippen LogP contribution is 2.23. The van der Waals surface area contributed by atoms with E-state index in [2.05, 4.69) is 20.2 Å². The summed E-state index contributed by atoms with van der Waals surface area (Å²) in [7, 11) is 0. The van der Waals surface area contributed by atoms with E-state index in [9.17, 15) is 13.2 Å². The third kappa shape index (κ3) is 5.68. The number of nitrogens with zero attached hydrogens (tertiary/aromatic N) is 5. The molecule has 0 aliphatic rings. The lowest BCUT2D eigenvalue weighted by Crippen LogP contribution is -2.19. The van der Waals surface area contributed by atoms with Crippen molar-refractivity contribution in [2.45, 2.75) is 24.8 Å². The number of thioether (sulfide) groups is 1. The zero-order valence-corrected chi connectivity index (χ0v) is 18.5. The predicted octanol–water partition coefficient (Wildman–Crippen LogP) is 4.97. The molecule has 0 aliphatic carbocycles. The minimum absolute atomic E-state index is 0.129. The molecule has 0 fully saturated rings. The van der Waals surface area contributed by atoms with Gasteiger partial charge in [-0.2, -0.15) is 35.0 Å². The van der Waals surface area contributed by atoms with E-state index in [0.29, 0.717) is 47.6 Å². The largest absolute Gasteiger partial charge is 0.484 e. The van der Waals surface area contributed by atoms with E-state index in [1.807, 2.05) is 23.8 Å². The van der Waals surface area contributed by atoms with E-state index in [0.717, 1.165) is 4.88 Å². The summed E-state index contributed by atoms with van der Waals surface area (Å²) in [6.45, 7) is -1.34. The molecule has 3 aromatic heterocycles. The van der Waals surface area contributed by atoms with Gasteiger partial charge in [0.1, 0.15) is 11.6 Å². The zero-order valence-electron chi connectivity index (χ0n) is 16.9. The first-order valence-electron chi connectivity index (χ1n) is 9.51. The molecule has 168 valence electrons. The van der Waals surface area contributed by atoms with Crippen molar-refractivity contribution in [1.29, 1.82) is 0 Å². The Balaban J connectivity index is 1.49. The molecule has 0 bridgehead atoms. The third-order valence-electron chi connectivity index (χ3n) is 4.25. The summed E-state index contributed by atoms with van der Waals surface area (Å²) < 4.78 is 48.9. The molecular weight excluding hydrogens is 463 g/mol. The quantitative estimate of drug-likeness (QED) is 0.334. The fourth-order valence-electron chi connectivity index (χ4n) is 2.88. The highest BCUT2D eigenvalue weighted by atomic mass is 32.2. The van der Waals surface area contributed by atoms with Crippen molar-refractivity contribution in [3.05, 3.63) is 59.3 Å². The Bertz CT molecular complexity index is 1140. The van der Waals surface area contributed by atoms with Gasteiger partial charge in [-0.25, -0.2) is 9.67 Å². The molecule has 7 nitrogen and oxygen atoms in total. The molecule has 0 saturated heterocycles. The highest BCUT2D eigenvalue weighted by Gasteiger charge is 2.28. The first-order chi connectivity index (χ1) is 15.4. The highest BCUT2D eigenvalue weighted by molar-refractivity contribution is 7.97. The van der Waals surface area contributed by atoms with E-state index in [4.69, 9.17) is 9.26 Å². The van der Waals surface area contributed by atoms with Crippen LogP contribution in [0.1, 0.15) is 17.5 Å². The Morgan fingerprint density at radius 1 is 1.12 bits per heavy atom. The number of ether oxygens (including phenoxy) is 1. The molecule has 0 radical (unpaired) electrons. The smallest absolute Gasteiger partial charge is 0.422 e. The monoisotopic (exact) mass is 481 g/mol. The van der Waals surface area contributed by atoms with Gasteiger partial charge in [-0.3, -0.25) is 0 Å². The number of hydrogen-bond acceptors (Lipinski definition) is 8. The van der Waals surface area contributed by atoms with E-state index in [-0.39, 0.29) is 5.75 Å². The molecular formula is C20H18F3N5O2S2. The molecule has 0 saturated carbocycles. The van der Waals surface area contributed by atoms with Gasteiger partial charge in [0.2, 0.25) is 11.7 Å². The van der Waals surface area contributed by atoms with Crippen LogP contribution in [0.3, 0.4) is 0 Å². The summed E-state index contributed by atoms with van der Waals surface area (Å²) in [5.41, 5.74) is 0.670. The van der Waals surface area contributed by atoms with Gasteiger partial charge in [0.25, 0.3) is 0 Å². The molecule has 0 atom stereocenters. The molecule has 0 spiro atoms. The van der Waals surface area contributed by atoms with E-state index in [1.165, 1.54) is 23.5 Å². The number of hydrogen-bond donors (Lipinski definition) is 0. The summed E-state index contributed by atoms with van der Waals surface area (Å²) in [6, 6.07) is 10.1. The van der Waals surface area contributed by atoms with Gasteiger partial charge in [-0.15, -0.1) is 11.3 Å². The minimum atomic E-state index is -4.39. The average molecular weight is 482 g/mol. The maximum atomic E-state index is 12.4. The second-order valence-corrected chi connectivity index (χ2v) is 8.49. The second-order valence-electron chi connectivity index (χ2n) is 6.68. The van der Waals surface area contributed by atoms with Crippen molar-refractivity contribution < 1.29 is 22.4 Å². The lowest BCUT2D eigenvalue weighted by molar-refractivity contribution is -0.153. The van der Waals surface area contributed by atoms with Crippen molar-refractivity contribution in [3.8, 4) is 22.1 Å². The van der Waals surface area contributed by atoms with E-state index < -0.39 is 12.8 Å². The van der Waals surface area contributed by atoms with Crippen LogP contribution in [0.5, 0.6) is 5.75 Å². The number of rotatable bonds is 9. The normalized spacial score (nSPS) is 11.8. The van der Waals surface area contributed by atoms with Crippen LogP contribution >= 0.6 is 23.1 Å². The second kappa shape index (κ2) is 9.74. The van der Waals surface area contributed by atoms with Gasteiger partial charge in [-0.05, 0) is 42.0 Å². The van der Waals surface area contributed by atoms with Gasteiger partial charge >= 0.3 is 6.18 Å². The molecule has 32 heavy (non-hydrogen) atoms. The standard InChI is InChI=1S/C20H18F3N5O2S2/c1-31-11-16-24-17(8-9-18-25-19(27-30-18)15-3-2-10-32-15)28(26-16)13-4-6-14(7-5-13)29-12-20(21,22)23/h2-7,10H,8-9,11-12H2,1H3. The maximum absolute atomic E-state index is 12.4. The van der Waals surface area contributed by atoms with Gasteiger partial charge in [-0.1, -0.05) is 11.2 Å². The molecule has 4 aromatic rings. The first kappa shape index (κ1) is 22.3. The Morgan fingerprint density at radius 3 is 2.62 bits per heavy atom.